The zero-order valence-electron chi connectivity index (χ0n) is 10.7. The van der Waals surface area contributed by atoms with Gasteiger partial charge < -0.3 is 5.32 Å². The van der Waals surface area contributed by atoms with E-state index in [1.54, 1.807) is 0 Å². The number of benzene rings is 1. The number of aryl methyl sites for hydroxylation is 2. The van der Waals surface area contributed by atoms with Crippen LogP contribution in [0.3, 0.4) is 0 Å². The fourth-order valence-electron chi connectivity index (χ4n) is 1.90. The van der Waals surface area contributed by atoms with Gasteiger partial charge in [-0.05, 0) is 47.0 Å². The van der Waals surface area contributed by atoms with E-state index in [9.17, 15) is 9.59 Å². The molecule has 2 amide bonds. The lowest BCUT2D eigenvalue weighted by Crippen LogP contribution is -2.33. The van der Waals surface area contributed by atoms with Crippen molar-refractivity contribution in [1.29, 1.82) is 0 Å². The Kier molecular flexibility index (Phi) is 3.99. The summed E-state index contributed by atoms with van der Waals surface area (Å²) in [7, 11) is 0. The Labute approximate surface area is 119 Å². The zero-order valence-corrected chi connectivity index (χ0v) is 12.3. The first kappa shape index (κ1) is 13.7. The Hall–Kier alpha value is -1.69. The van der Waals surface area contributed by atoms with Crippen LogP contribution in [0.15, 0.2) is 21.7 Å². The molecular weight excluding hydrogens is 310 g/mol. The van der Waals surface area contributed by atoms with E-state index in [1.165, 1.54) is 0 Å². The van der Waals surface area contributed by atoms with Crippen molar-refractivity contribution >= 4 is 39.1 Å². The Morgan fingerprint density at radius 1 is 1.37 bits per heavy atom. The number of rotatable bonds is 2. The molecule has 0 aliphatic carbocycles. The third-order valence-corrected chi connectivity index (χ3v) is 3.46. The molecule has 1 aromatic carbocycles. The SMILES string of the molecule is Cc1cc(C)c(NC(=O)C2=NNC(=O)CC2)c(Br)c1. The molecule has 2 rings (SSSR count). The van der Waals surface area contributed by atoms with Crippen LogP contribution in [0.2, 0.25) is 0 Å². The minimum Gasteiger partial charge on any atom is -0.320 e. The number of nitrogens with zero attached hydrogens (tertiary/aromatic N) is 1. The summed E-state index contributed by atoms with van der Waals surface area (Å²) in [6.45, 7) is 3.92. The van der Waals surface area contributed by atoms with Gasteiger partial charge in [0.05, 0.1) is 5.69 Å². The summed E-state index contributed by atoms with van der Waals surface area (Å²) in [5, 5.41) is 6.60. The first-order chi connectivity index (χ1) is 8.97. The number of hydrazone groups is 1. The van der Waals surface area contributed by atoms with Gasteiger partial charge in [0.2, 0.25) is 5.91 Å². The summed E-state index contributed by atoms with van der Waals surface area (Å²) >= 11 is 3.44. The van der Waals surface area contributed by atoms with Gasteiger partial charge in [-0.2, -0.15) is 5.10 Å². The summed E-state index contributed by atoms with van der Waals surface area (Å²) in [6.07, 6.45) is 0.653. The van der Waals surface area contributed by atoms with Gasteiger partial charge in [0.25, 0.3) is 5.91 Å². The topological polar surface area (TPSA) is 70.6 Å². The summed E-state index contributed by atoms with van der Waals surface area (Å²) in [5.41, 5.74) is 5.47. The first-order valence-electron chi connectivity index (χ1n) is 5.91. The Balaban J connectivity index is 2.18. The van der Waals surface area contributed by atoms with Crippen molar-refractivity contribution in [2.24, 2.45) is 5.10 Å². The lowest BCUT2D eigenvalue weighted by Gasteiger charge is -2.14. The molecule has 1 aromatic rings. The van der Waals surface area contributed by atoms with Crippen molar-refractivity contribution in [3.05, 3.63) is 27.7 Å². The highest BCUT2D eigenvalue weighted by atomic mass is 79.9. The highest BCUT2D eigenvalue weighted by Gasteiger charge is 2.19. The minimum atomic E-state index is -0.285. The lowest BCUT2D eigenvalue weighted by molar-refractivity contribution is -0.121. The normalized spacial score (nSPS) is 14.7. The molecule has 0 spiro atoms. The second-order valence-electron chi connectivity index (χ2n) is 4.49. The average Bonchev–Trinajstić information content (AvgIpc) is 2.34. The van der Waals surface area contributed by atoms with E-state index in [0.29, 0.717) is 18.6 Å². The molecule has 0 aromatic heterocycles. The third kappa shape index (κ3) is 3.20. The van der Waals surface area contributed by atoms with Gasteiger partial charge in [0.1, 0.15) is 5.71 Å². The number of nitrogens with one attached hydrogen (secondary N) is 2. The van der Waals surface area contributed by atoms with Crippen LogP contribution in [0, 0.1) is 13.8 Å². The van der Waals surface area contributed by atoms with Crippen molar-refractivity contribution < 1.29 is 9.59 Å². The maximum atomic E-state index is 12.0. The quantitative estimate of drug-likeness (QED) is 0.876. The molecule has 5 nitrogen and oxygen atoms in total. The molecule has 19 heavy (non-hydrogen) atoms. The van der Waals surface area contributed by atoms with E-state index < -0.39 is 0 Å². The van der Waals surface area contributed by atoms with Crippen molar-refractivity contribution in [3.8, 4) is 0 Å². The predicted molar refractivity (Wildman–Crippen MR) is 77.1 cm³/mol. The second kappa shape index (κ2) is 5.52. The zero-order chi connectivity index (χ0) is 14.0. The van der Waals surface area contributed by atoms with Crippen molar-refractivity contribution in [2.45, 2.75) is 26.7 Å². The summed E-state index contributed by atoms with van der Waals surface area (Å²) < 4.78 is 0.832. The van der Waals surface area contributed by atoms with Crippen LogP contribution in [0.25, 0.3) is 0 Å². The van der Waals surface area contributed by atoms with Crippen LogP contribution in [-0.4, -0.2) is 17.5 Å². The molecule has 100 valence electrons. The number of amides is 2. The molecule has 0 saturated carbocycles. The average molecular weight is 324 g/mol. The Bertz CT molecular complexity index is 558. The molecule has 0 unspecified atom stereocenters. The molecule has 0 bridgehead atoms. The maximum Gasteiger partial charge on any atom is 0.271 e. The summed E-state index contributed by atoms with van der Waals surface area (Å²) in [6, 6.07) is 3.93. The van der Waals surface area contributed by atoms with Gasteiger partial charge in [0, 0.05) is 17.3 Å². The first-order valence-corrected chi connectivity index (χ1v) is 6.70. The summed E-state index contributed by atoms with van der Waals surface area (Å²) in [5.74, 6) is -0.447. The molecule has 0 radical (unpaired) electrons. The van der Waals surface area contributed by atoms with Gasteiger partial charge in [-0.15, -0.1) is 0 Å². The van der Waals surface area contributed by atoms with Crippen molar-refractivity contribution in [1.82, 2.24) is 5.43 Å². The van der Waals surface area contributed by atoms with E-state index >= 15 is 0 Å². The number of hydrogen-bond acceptors (Lipinski definition) is 3. The van der Waals surface area contributed by atoms with Gasteiger partial charge in [-0.25, -0.2) is 5.43 Å². The predicted octanol–water partition coefficient (Wildman–Crippen LogP) is 2.27. The third-order valence-electron chi connectivity index (χ3n) is 2.84. The molecule has 1 aliphatic rings. The van der Waals surface area contributed by atoms with Gasteiger partial charge in [-0.1, -0.05) is 6.07 Å². The van der Waals surface area contributed by atoms with Crippen molar-refractivity contribution in [3.63, 3.8) is 0 Å². The fraction of sp³-hybridized carbons (Fsp3) is 0.308. The maximum absolute atomic E-state index is 12.0. The standard InChI is InChI=1S/C13H14BrN3O2/c1-7-5-8(2)12(9(14)6-7)15-13(19)10-3-4-11(18)17-16-10/h5-6H,3-4H2,1-2H3,(H,15,19)(H,17,18). The molecule has 0 saturated heterocycles. The fourth-order valence-corrected chi connectivity index (χ4v) is 2.67. The number of halogens is 1. The number of anilines is 1. The number of hydrogen-bond donors (Lipinski definition) is 2. The van der Waals surface area contributed by atoms with Gasteiger partial charge in [-0.3, -0.25) is 9.59 Å². The minimum absolute atomic E-state index is 0.163. The van der Waals surface area contributed by atoms with Crippen LogP contribution in [0.5, 0.6) is 0 Å². The monoisotopic (exact) mass is 323 g/mol. The molecule has 0 atom stereocenters. The van der Waals surface area contributed by atoms with Crippen LogP contribution in [-0.2, 0) is 9.59 Å². The van der Waals surface area contributed by atoms with E-state index in [1.807, 2.05) is 26.0 Å². The molecule has 1 heterocycles. The second-order valence-corrected chi connectivity index (χ2v) is 5.34. The molecule has 1 aliphatic heterocycles. The molecule has 6 heteroatoms. The van der Waals surface area contributed by atoms with Crippen LogP contribution in [0.1, 0.15) is 24.0 Å². The van der Waals surface area contributed by atoms with E-state index in [2.05, 4.69) is 31.8 Å². The van der Waals surface area contributed by atoms with E-state index in [0.717, 1.165) is 21.3 Å². The number of carbonyl (C=O) groups excluding carboxylic acids is 2. The smallest absolute Gasteiger partial charge is 0.271 e. The number of carbonyl (C=O) groups is 2. The largest absolute Gasteiger partial charge is 0.320 e. The van der Waals surface area contributed by atoms with Crippen molar-refractivity contribution in [2.75, 3.05) is 5.32 Å². The Morgan fingerprint density at radius 2 is 2.11 bits per heavy atom. The molecule has 0 fully saturated rings. The van der Waals surface area contributed by atoms with Crippen LogP contribution >= 0.6 is 15.9 Å². The van der Waals surface area contributed by atoms with E-state index in [4.69, 9.17) is 0 Å². The highest BCUT2D eigenvalue weighted by molar-refractivity contribution is 9.10. The molecular formula is C13H14BrN3O2. The van der Waals surface area contributed by atoms with Crippen LogP contribution < -0.4 is 10.7 Å². The molecule has 2 N–H and O–H groups in total. The van der Waals surface area contributed by atoms with E-state index in [-0.39, 0.29) is 11.8 Å². The highest BCUT2D eigenvalue weighted by Crippen LogP contribution is 2.27. The Morgan fingerprint density at radius 3 is 2.68 bits per heavy atom. The summed E-state index contributed by atoms with van der Waals surface area (Å²) in [4.78, 5) is 23.0. The lowest BCUT2D eigenvalue weighted by atomic mass is 10.1. The van der Waals surface area contributed by atoms with Crippen LogP contribution in [0.4, 0.5) is 5.69 Å². The van der Waals surface area contributed by atoms with Gasteiger partial charge >= 0.3 is 0 Å². The van der Waals surface area contributed by atoms with Gasteiger partial charge in [0.15, 0.2) is 0 Å².